The first-order chi connectivity index (χ1) is 13.1. The fraction of sp³-hybridized carbons (Fsp3) is 0.524. The van der Waals surface area contributed by atoms with Gasteiger partial charge in [-0.05, 0) is 43.4 Å². The third-order valence-electron chi connectivity index (χ3n) is 4.87. The van der Waals surface area contributed by atoms with E-state index in [9.17, 15) is 4.79 Å². The number of para-hydroxylation sites is 1. The number of likely N-dealkylation sites (tertiary alicyclic amines) is 1. The molecule has 1 aromatic carbocycles. The summed E-state index contributed by atoms with van der Waals surface area (Å²) in [5, 5.41) is 4.98. The number of hydrogen-bond donors (Lipinski definition) is 1. The Morgan fingerprint density at radius 1 is 1.30 bits per heavy atom. The average Bonchev–Trinajstić information content (AvgIpc) is 3.16. The molecule has 1 aliphatic rings. The Bertz CT molecular complexity index is 710. The molecule has 146 valence electrons. The lowest BCUT2D eigenvalue weighted by atomic mass is 9.92. The maximum absolute atomic E-state index is 12.6. The highest BCUT2D eigenvalue weighted by Gasteiger charge is 2.21. The van der Waals surface area contributed by atoms with Crippen LogP contribution in [-0.4, -0.2) is 42.0 Å². The van der Waals surface area contributed by atoms with Crippen LogP contribution in [-0.2, 0) is 6.61 Å². The molecule has 6 heteroatoms. The Morgan fingerprint density at radius 3 is 2.81 bits per heavy atom. The van der Waals surface area contributed by atoms with Gasteiger partial charge in [0.15, 0.2) is 0 Å². The molecule has 2 aromatic rings. The number of aromatic nitrogens is 1. The van der Waals surface area contributed by atoms with Crippen molar-refractivity contribution in [1.82, 2.24) is 15.2 Å². The zero-order valence-electron chi connectivity index (χ0n) is 16.2. The smallest absolute Gasteiger partial charge is 0.255 e. The molecule has 0 radical (unpaired) electrons. The lowest BCUT2D eigenvalue weighted by Crippen LogP contribution is -2.40. The molecule has 5 nitrogen and oxygen atoms in total. The first kappa shape index (κ1) is 19.8. The summed E-state index contributed by atoms with van der Waals surface area (Å²) in [4.78, 5) is 19.3. The van der Waals surface area contributed by atoms with E-state index in [-0.39, 0.29) is 5.91 Å². The maximum Gasteiger partial charge on any atom is 0.255 e. The summed E-state index contributed by atoms with van der Waals surface area (Å²) in [6.07, 6.45) is 2.29. The molecule has 1 fully saturated rings. The van der Waals surface area contributed by atoms with Gasteiger partial charge in [0.05, 0.1) is 16.8 Å². The van der Waals surface area contributed by atoms with Gasteiger partial charge in [-0.1, -0.05) is 26.0 Å². The van der Waals surface area contributed by atoms with Gasteiger partial charge in [0, 0.05) is 25.0 Å². The van der Waals surface area contributed by atoms with Crippen molar-refractivity contribution in [3.8, 4) is 5.75 Å². The van der Waals surface area contributed by atoms with Crippen molar-refractivity contribution >= 4 is 17.2 Å². The van der Waals surface area contributed by atoms with E-state index in [0.29, 0.717) is 24.5 Å². The Hall–Kier alpha value is -1.92. The number of amides is 1. The molecule has 1 aromatic heterocycles. The standard InChI is InChI=1S/C21H29N3O2S/c1-16-10-17(2)12-24(11-16)9-5-8-22-21(25)19-6-3-4-7-20(19)26-13-18-14-27-15-23-18/h3-4,6-7,14-17H,5,8-13H2,1-2H3,(H,22,25). The molecule has 0 bridgehead atoms. The number of piperidine rings is 1. The first-order valence-corrected chi connectivity index (χ1v) is 10.7. The van der Waals surface area contributed by atoms with Gasteiger partial charge < -0.3 is 15.0 Å². The molecule has 1 amide bonds. The summed E-state index contributed by atoms with van der Waals surface area (Å²) in [7, 11) is 0. The van der Waals surface area contributed by atoms with Crippen LogP contribution < -0.4 is 10.1 Å². The number of nitrogens with one attached hydrogen (secondary N) is 1. The largest absolute Gasteiger partial charge is 0.486 e. The van der Waals surface area contributed by atoms with E-state index in [4.69, 9.17) is 4.74 Å². The predicted molar refractivity (Wildman–Crippen MR) is 109 cm³/mol. The third-order valence-corrected chi connectivity index (χ3v) is 5.51. The van der Waals surface area contributed by atoms with Crippen molar-refractivity contribution in [1.29, 1.82) is 0 Å². The Kier molecular flexibility index (Phi) is 7.24. The molecule has 3 rings (SSSR count). The van der Waals surface area contributed by atoms with Gasteiger partial charge >= 0.3 is 0 Å². The predicted octanol–water partition coefficient (Wildman–Crippen LogP) is 3.82. The monoisotopic (exact) mass is 387 g/mol. The minimum absolute atomic E-state index is 0.0794. The SMILES string of the molecule is CC1CC(C)CN(CCCNC(=O)c2ccccc2OCc2cscn2)C1. The van der Waals surface area contributed by atoms with Crippen LogP contribution in [0, 0.1) is 11.8 Å². The van der Waals surface area contributed by atoms with Gasteiger partial charge in [0.1, 0.15) is 12.4 Å². The van der Waals surface area contributed by atoms with Gasteiger partial charge in [-0.15, -0.1) is 11.3 Å². The van der Waals surface area contributed by atoms with Crippen LogP contribution in [0.1, 0.15) is 42.7 Å². The van der Waals surface area contributed by atoms with Crippen molar-refractivity contribution in [2.45, 2.75) is 33.3 Å². The van der Waals surface area contributed by atoms with Crippen molar-refractivity contribution in [2.75, 3.05) is 26.2 Å². The maximum atomic E-state index is 12.6. The van der Waals surface area contributed by atoms with E-state index in [1.807, 2.05) is 23.6 Å². The minimum atomic E-state index is -0.0794. The molecule has 2 unspecified atom stereocenters. The van der Waals surface area contributed by atoms with E-state index < -0.39 is 0 Å². The van der Waals surface area contributed by atoms with Crippen molar-refractivity contribution in [2.24, 2.45) is 11.8 Å². The van der Waals surface area contributed by atoms with Gasteiger partial charge in [0.25, 0.3) is 5.91 Å². The van der Waals surface area contributed by atoms with Crippen LogP contribution in [0.3, 0.4) is 0 Å². The number of rotatable bonds is 8. The van der Waals surface area contributed by atoms with E-state index in [2.05, 4.69) is 29.0 Å². The first-order valence-electron chi connectivity index (χ1n) is 9.71. The summed E-state index contributed by atoms with van der Waals surface area (Å²) in [6.45, 7) is 9.09. The van der Waals surface area contributed by atoms with Crippen LogP contribution in [0.4, 0.5) is 0 Å². The molecule has 1 N–H and O–H groups in total. The van der Waals surface area contributed by atoms with Crippen molar-refractivity contribution < 1.29 is 9.53 Å². The Labute approximate surface area is 165 Å². The number of benzene rings is 1. The Morgan fingerprint density at radius 2 is 2.07 bits per heavy atom. The Balaban J connectivity index is 1.45. The van der Waals surface area contributed by atoms with E-state index in [1.165, 1.54) is 30.8 Å². The lowest BCUT2D eigenvalue weighted by molar-refractivity contribution is 0.0942. The van der Waals surface area contributed by atoms with Gasteiger partial charge in [-0.3, -0.25) is 4.79 Å². The van der Waals surface area contributed by atoms with E-state index in [0.717, 1.165) is 30.5 Å². The highest BCUT2D eigenvalue weighted by molar-refractivity contribution is 7.07. The fourth-order valence-electron chi connectivity index (χ4n) is 3.82. The number of hydrogen-bond acceptors (Lipinski definition) is 5. The van der Waals surface area contributed by atoms with Crippen LogP contribution in [0.5, 0.6) is 5.75 Å². The second kappa shape index (κ2) is 9.85. The minimum Gasteiger partial charge on any atom is -0.486 e. The fourth-order valence-corrected chi connectivity index (χ4v) is 4.36. The molecular formula is C21H29N3O2S. The van der Waals surface area contributed by atoms with Gasteiger partial charge in [-0.25, -0.2) is 4.98 Å². The highest BCUT2D eigenvalue weighted by atomic mass is 32.1. The second-order valence-electron chi connectivity index (χ2n) is 7.58. The number of carbonyl (C=O) groups excluding carboxylic acids is 1. The lowest BCUT2D eigenvalue weighted by Gasteiger charge is -2.34. The van der Waals surface area contributed by atoms with Crippen molar-refractivity contribution in [3.05, 3.63) is 46.4 Å². The zero-order chi connectivity index (χ0) is 19.1. The summed E-state index contributed by atoms with van der Waals surface area (Å²) >= 11 is 1.54. The number of nitrogens with zero attached hydrogens (tertiary/aromatic N) is 2. The number of carbonyl (C=O) groups is 1. The zero-order valence-corrected chi connectivity index (χ0v) is 17.0. The molecule has 27 heavy (non-hydrogen) atoms. The molecule has 0 spiro atoms. The molecular weight excluding hydrogens is 358 g/mol. The van der Waals surface area contributed by atoms with E-state index >= 15 is 0 Å². The molecule has 1 saturated heterocycles. The summed E-state index contributed by atoms with van der Waals surface area (Å²) in [6, 6.07) is 7.38. The third kappa shape index (κ3) is 6.04. The van der Waals surface area contributed by atoms with Crippen LogP contribution in [0.15, 0.2) is 35.2 Å². The quantitative estimate of drug-likeness (QED) is 0.700. The van der Waals surface area contributed by atoms with Crippen molar-refractivity contribution in [3.63, 3.8) is 0 Å². The number of thiazole rings is 1. The second-order valence-corrected chi connectivity index (χ2v) is 8.30. The topological polar surface area (TPSA) is 54.5 Å². The summed E-state index contributed by atoms with van der Waals surface area (Å²) in [5.41, 5.74) is 3.23. The molecule has 0 saturated carbocycles. The highest BCUT2D eigenvalue weighted by Crippen LogP contribution is 2.21. The molecule has 2 heterocycles. The van der Waals surface area contributed by atoms with Crippen LogP contribution >= 0.6 is 11.3 Å². The molecule has 0 aliphatic carbocycles. The molecule has 1 aliphatic heterocycles. The normalized spacial score (nSPS) is 20.4. The summed E-state index contributed by atoms with van der Waals surface area (Å²) in [5.74, 6) is 2.06. The molecule has 2 atom stereocenters. The van der Waals surface area contributed by atoms with Gasteiger partial charge in [-0.2, -0.15) is 0 Å². The van der Waals surface area contributed by atoms with E-state index in [1.54, 1.807) is 11.6 Å². The summed E-state index contributed by atoms with van der Waals surface area (Å²) < 4.78 is 5.80. The van der Waals surface area contributed by atoms with Crippen LogP contribution in [0.2, 0.25) is 0 Å². The van der Waals surface area contributed by atoms with Crippen LogP contribution in [0.25, 0.3) is 0 Å². The van der Waals surface area contributed by atoms with Gasteiger partial charge in [0.2, 0.25) is 0 Å². The average molecular weight is 388 g/mol. The number of ether oxygens (including phenoxy) is 1.